The van der Waals surface area contributed by atoms with Crippen LogP contribution in [-0.2, 0) is 10.0 Å². The number of nitrogens with zero attached hydrogens (tertiary/aromatic N) is 2. The summed E-state index contributed by atoms with van der Waals surface area (Å²) in [5.41, 5.74) is 6.11. The highest BCUT2D eigenvalue weighted by Gasteiger charge is 2.38. The molecular weight excluding hydrogens is 432 g/mol. The summed E-state index contributed by atoms with van der Waals surface area (Å²) in [6.07, 6.45) is 4.12. The van der Waals surface area contributed by atoms with Crippen LogP contribution in [0.4, 0.5) is 5.69 Å². The Labute approximate surface area is 194 Å². The third-order valence-electron chi connectivity index (χ3n) is 6.25. The smallest absolute Gasteiger partial charge is 0.264 e. The van der Waals surface area contributed by atoms with Crippen molar-refractivity contribution >= 4 is 15.7 Å². The lowest BCUT2D eigenvalue weighted by Gasteiger charge is -2.39. The van der Waals surface area contributed by atoms with Crippen molar-refractivity contribution in [1.82, 2.24) is 4.98 Å². The number of anilines is 1. The first-order chi connectivity index (χ1) is 15.9. The van der Waals surface area contributed by atoms with Gasteiger partial charge in [-0.3, -0.25) is 9.29 Å². The molecule has 0 spiro atoms. The highest BCUT2D eigenvalue weighted by Crippen LogP contribution is 2.49. The highest BCUT2D eigenvalue weighted by atomic mass is 32.2. The number of sulfonamides is 1. The van der Waals surface area contributed by atoms with Gasteiger partial charge in [0.2, 0.25) is 0 Å². The Morgan fingerprint density at radius 3 is 2.39 bits per heavy atom. The zero-order chi connectivity index (χ0) is 23.2. The first kappa shape index (κ1) is 21.2. The van der Waals surface area contributed by atoms with Crippen LogP contribution >= 0.6 is 0 Å². The summed E-state index contributed by atoms with van der Waals surface area (Å²) in [5, 5.41) is 9.93. The minimum Gasteiger partial charge on any atom is -0.508 e. The van der Waals surface area contributed by atoms with E-state index in [9.17, 15) is 13.5 Å². The van der Waals surface area contributed by atoms with Gasteiger partial charge in [-0.2, -0.15) is 0 Å². The molecule has 5 rings (SSSR count). The first-order valence-electron chi connectivity index (χ1n) is 10.9. The largest absolute Gasteiger partial charge is 0.508 e. The number of phenolic OH excluding ortho intramolecular Hbond substituents is 1. The quantitative estimate of drug-likeness (QED) is 0.403. The average molecular weight is 457 g/mol. The number of benzene rings is 3. The summed E-state index contributed by atoms with van der Waals surface area (Å²) in [6.45, 7) is 3.70. The number of aromatic nitrogens is 1. The number of fused-ring (bicyclic) bond motifs is 3. The molecule has 6 heteroatoms. The number of aryl methyl sites for hydroxylation is 1. The van der Waals surface area contributed by atoms with Crippen molar-refractivity contribution in [2.45, 2.75) is 31.2 Å². The molecule has 0 saturated carbocycles. The fourth-order valence-corrected chi connectivity index (χ4v) is 6.39. The van der Waals surface area contributed by atoms with Crippen LogP contribution in [0.3, 0.4) is 0 Å². The monoisotopic (exact) mass is 456 g/mol. The standard InChI is InChI=1S/C27H24N2O3S/c1-3-25-23-7-5-4-6-22(23)24-17-20(19-12-14-28-15-13-19)8-10-26(24)29(25)33(31,32)21-9-11-27(30)18(2)16-21/h4-17,25,30H,3H2,1-2H3. The molecule has 0 amide bonds. The van der Waals surface area contributed by atoms with E-state index in [-0.39, 0.29) is 16.7 Å². The van der Waals surface area contributed by atoms with Gasteiger partial charge in [0.1, 0.15) is 5.75 Å². The maximum absolute atomic E-state index is 14.0. The number of phenols is 1. The van der Waals surface area contributed by atoms with Gasteiger partial charge in [-0.15, -0.1) is 0 Å². The van der Waals surface area contributed by atoms with Gasteiger partial charge in [-0.05, 0) is 83.6 Å². The van der Waals surface area contributed by atoms with E-state index in [1.54, 1.807) is 23.6 Å². The van der Waals surface area contributed by atoms with E-state index in [4.69, 9.17) is 0 Å². The lowest BCUT2D eigenvalue weighted by Crippen LogP contribution is -2.37. The van der Waals surface area contributed by atoms with E-state index in [1.165, 1.54) is 18.2 Å². The van der Waals surface area contributed by atoms with Gasteiger partial charge in [0.05, 0.1) is 16.6 Å². The van der Waals surface area contributed by atoms with Crippen molar-refractivity contribution in [3.63, 3.8) is 0 Å². The Balaban J connectivity index is 1.75. The van der Waals surface area contributed by atoms with Gasteiger partial charge in [0, 0.05) is 18.0 Å². The van der Waals surface area contributed by atoms with Crippen molar-refractivity contribution in [3.05, 3.63) is 96.3 Å². The van der Waals surface area contributed by atoms with E-state index in [0.29, 0.717) is 17.7 Å². The minimum atomic E-state index is -3.88. The normalized spacial score (nSPS) is 15.1. The Morgan fingerprint density at radius 2 is 1.67 bits per heavy atom. The molecule has 166 valence electrons. The molecule has 2 heterocycles. The van der Waals surface area contributed by atoms with Gasteiger partial charge in [-0.25, -0.2) is 8.42 Å². The van der Waals surface area contributed by atoms with Crippen molar-refractivity contribution < 1.29 is 13.5 Å². The third-order valence-corrected chi connectivity index (χ3v) is 8.07. The second-order valence-corrected chi connectivity index (χ2v) is 10.0. The lowest BCUT2D eigenvalue weighted by molar-refractivity contribution is 0.470. The molecule has 1 aromatic heterocycles. The summed E-state index contributed by atoms with van der Waals surface area (Å²) >= 11 is 0. The van der Waals surface area contributed by atoms with Gasteiger partial charge in [0.15, 0.2) is 0 Å². The number of aromatic hydroxyl groups is 1. The molecule has 1 aliphatic rings. The zero-order valence-corrected chi connectivity index (χ0v) is 19.3. The van der Waals surface area contributed by atoms with Crippen molar-refractivity contribution in [3.8, 4) is 28.0 Å². The SMILES string of the molecule is CCC1c2ccccc2-c2cc(-c3ccncc3)ccc2N1S(=O)(=O)c1ccc(O)c(C)c1. The molecule has 1 atom stereocenters. The average Bonchev–Trinajstić information content (AvgIpc) is 2.84. The predicted molar refractivity (Wildman–Crippen MR) is 131 cm³/mol. The van der Waals surface area contributed by atoms with Crippen LogP contribution < -0.4 is 4.31 Å². The molecule has 5 nitrogen and oxygen atoms in total. The zero-order valence-electron chi connectivity index (χ0n) is 18.4. The first-order valence-corrected chi connectivity index (χ1v) is 12.3. The fourth-order valence-electron chi connectivity index (χ4n) is 4.58. The van der Waals surface area contributed by atoms with Crippen molar-refractivity contribution in [2.75, 3.05) is 4.31 Å². The summed E-state index contributed by atoms with van der Waals surface area (Å²) in [7, 11) is -3.88. The topological polar surface area (TPSA) is 70.5 Å². The molecule has 0 saturated heterocycles. The Kier molecular flexibility index (Phi) is 5.17. The van der Waals surface area contributed by atoms with Crippen molar-refractivity contribution in [2.24, 2.45) is 0 Å². The fraction of sp³-hybridized carbons (Fsp3) is 0.148. The third kappa shape index (κ3) is 3.47. The van der Waals surface area contributed by atoms with Crippen molar-refractivity contribution in [1.29, 1.82) is 0 Å². The summed E-state index contributed by atoms with van der Waals surface area (Å²) in [5.74, 6) is 0.0763. The number of pyridine rings is 1. The molecule has 0 fully saturated rings. The van der Waals surface area contributed by atoms with Crippen LogP contribution in [0.15, 0.2) is 90.1 Å². The number of hydrogen-bond acceptors (Lipinski definition) is 4. The molecule has 3 aromatic carbocycles. The lowest BCUT2D eigenvalue weighted by atomic mass is 9.87. The van der Waals surface area contributed by atoms with E-state index < -0.39 is 10.0 Å². The predicted octanol–water partition coefficient (Wildman–Crippen LogP) is 6.09. The molecule has 0 radical (unpaired) electrons. The summed E-state index contributed by atoms with van der Waals surface area (Å²) in [6, 6.07) is 21.9. The molecule has 4 aromatic rings. The van der Waals surface area contributed by atoms with E-state index in [1.807, 2.05) is 49.4 Å². The second kappa shape index (κ2) is 8.05. The van der Waals surface area contributed by atoms with E-state index in [0.717, 1.165) is 27.8 Å². The Bertz CT molecular complexity index is 1450. The Hall–Kier alpha value is -3.64. The van der Waals surface area contributed by atoms with Crippen LogP contribution in [0, 0.1) is 6.92 Å². The minimum absolute atomic E-state index is 0.0763. The number of rotatable bonds is 4. The summed E-state index contributed by atoms with van der Waals surface area (Å²) in [4.78, 5) is 4.27. The van der Waals surface area contributed by atoms with Crippen LogP contribution in [0.1, 0.15) is 30.5 Å². The second-order valence-electron chi connectivity index (χ2n) is 8.23. The van der Waals surface area contributed by atoms with Gasteiger partial charge in [-0.1, -0.05) is 37.3 Å². The van der Waals surface area contributed by atoms with E-state index >= 15 is 0 Å². The van der Waals surface area contributed by atoms with Gasteiger partial charge >= 0.3 is 0 Å². The Morgan fingerprint density at radius 1 is 0.909 bits per heavy atom. The van der Waals surface area contributed by atoms with Crippen LogP contribution in [0.2, 0.25) is 0 Å². The molecular formula is C27H24N2O3S. The highest BCUT2D eigenvalue weighted by molar-refractivity contribution is 7.92. The van der Waals surface area contributed by atoms with E-state index in [2.05, 4.69) is 17.1 Å². The molecule has 1 N–H and O–H groups in total. The molecule has 33 heavy (non-hydrogen) atoms. The molecule has 0 bridgehead atoms. The maximum atomic E-state index is 14.0. The van der Waals surface area contributed by atoms with Gasteiger partial charge in [0.25, 0.3) is 10.0 Å². The summed E-state index contributed by atoms with van der Waals surface area (Å²) < 4.78 is 29.5. The molecule has 1 aliphatic heterocycles. The van der Waals surface area contributed by atoms with Crippen LogP contribution in [0.25, 0.3) is 22.3 Å². The van der Waals surface area contributed by atoms with Gasteiger partial charge < -0.3 is 5.11 Å². The maximum Gasteiger partial charge on any atom is 0.264 e. The van der Waals surface area contributed by atoms with Crippen LogP contribution in [-0.4, -0.2) is 18.5 Å². The van der Waals surface area contributed by atoms with Crippen LogP contribution in [0.5, 0.6) is 5.75 Å². The number of hydrogen-bond donors (Lipinski definition) is 1. The molecule has 1 unspecified atom stereocenters. The molecule has 0 aliphatic carbocycles.